The van der Waals surface area contributed by atoms with Crippen molar-refractivity contribution in [3.63, 3.8) is 0 Å². The highest BCUT2D eigenvalue weighted by Gasteiger charge is 2.09. The van der Waals surface area contributed by atoms with Gasteiger partial charge in [-0.25, -0.2) is 4.21 Å². The first kappa shape index (κ1) is 11.1. The molecule has 0 aromatic carbocycles. The van der Waals surface area contributed by atoms with Crippen LogP contribution in [0.3, 0.4) is 0 Å². The highest BCUT2D eigenvalue weighted by molar-refractivity contribution is 7.79. The third-order valence-electron chi connectivity index (χ3n) is 1.58. The van der Waals surface area contributed by atoms with Gasteiger partial charge in [0.25, 0.3) is 0 Å². The van der Waals surface area contributed by atoms with Gasteiger partial charge in [-0.3, -0.25) is 0 Å². The lowest BCUT2D eigenvalue weighted by Gasteiger charge is -2.17. The molecule has 1 N–H and O–H groups in total. The van der Waals surface area contributed by atoms with Crippen LogP contribution in [0, 0.1) is 5.92 Å². The molecular formula is C7H17NO2S. The molecule has 0 spiro atoms. The molecule has 0 aromatic heterocycles. The zero-order valence-corrected chi connectivity index (χ0v) is 8.23. The molecule has 0 aliphatic rings. The van der Waals surface area contributed by atoms with Gasteiger partial charge in [0.1, 0.15) is 0 Å². The van der Waals surface area contributed by atoms with E-state index in [0.717, 1.165) is 13.0 Å². The first-order chi connectivity index (χ1) is 5.06. The normalized spacial score (nSPS) is 16.8. The van der Waals surface area contributed by atoms with Gasteiger partial charge in [0.05, 0.1) is 5.75 Å². The van der Waals surface area contributed by atoms with Crippen LogP contribution >= 0.6 is 0 Å². The number of nitrogens with zero attached hydrogens (tertiary/aromatic N) is 1. The Kier molecular flexibility index (Phi) is 5.72. The maximum absolute atomic E-state index is 10.4. The van der Waals surface area contributed by atoms with Gasteiger partial charge in [0.15, 0.2) is 11.1 Å². The van der Waals surface area contributed by atoms with Gasteiger partial charge in [-0.15, -0.1) is 0 Å². The van der Waals surface area contributed by atoms with E-state index in [9.17, 15) is 4.21 Å². The largest absolute Gasteiger partial charge is 0.309 e. The summed E-state index contributed by atoms with van der Waals surface area (Å²) in [6.45, 7) is 2.93. The Morgan fingerprint density at radius 1 is 1.55 bits per heavy atom. The van der Waals surface area contributed by atoms with Crippen molar-refractivity contribution in [1.82, 2.24) is 4.90 Å². The van der Waals surface area contributed by atoms with E-state index in [2.05, 4.69) is 0 Å². The van der Waals surface area contributed by atoms with Crippen molar-refractivity contribution in [3.05, 3.63) is 0 Å². The highest BCUT2D eigenvalue weighted by atomic mass is 32.2. The van der Waals surface area contributed by atoms with Crippen LogP contribution in [0.5, 0.6) is 0 Å². The zero-order valence-electron chi connectivity index (χ0n) is 7.41. The SMILES string of the molecule is CCC(CN(C)C)CS(=O)O. The van der Waals surface area contributed by atoms with E-state index in [-0.39, 0.29) is 0 Å². The van der Waals surface area contributed by atoms with Crippen molar-refractivity contribution in [2.24, 2.45) is 5.92 Å². The summed E-state index contributed by atoms with van der Waals surface area (Å²) in [5.74, 6) is 0.741. The van der Waals surface area contributed by atoms with Gasteiger partial charge >= 0.3 is 0 Å². The molecule has 2 atom stereocenters. The summed E-state index contributed by atoms with van der Waals surface area (Å²) >= 11 is -1.64. The van der Waals surface area contributed by atoms with Crippen LogP contribution in [-0.4, -0.2) is 40.1 Å². The average molecular weight is 179 g/mol. The smallest absolute Gasteiger partial charge is 0.153 e. The Bertz CT molecular complexity index is 128. The Labute approximate surface area is 71.1 Å². The number of hydrogen-bond donors (Lipinski definition) is 1. The van der Waals surface area contributed by atoms with E-state index in [1.165, 1.54) is 0 Å². The van der Waals surface area contributed by atoms with Gasteiger partial charge in [-0.2, -0.15) is 0 Å². The van der Waals surface area contributed by atoms with Gasteiger partial charge in [-0.05, 0) is 20.0 Å². The molecule has 0 bridgehead atoms. The van der Waals surface area contributed by atoms with Crippen molar-refractivity contribution >= 4 is 11.1 Å². The number of hydrogen-bond acceptors (Lipinski definition) is 2. The van der Waals surface area contributed by atoms with E-state index >= 15 is 0 Å². The molecule has 0 heterocycles. The van der Waals surface area contributed by atoms with Gasteiger partial charge in [0, 0.05) is 6.54 Å². The minimum atomic E-state index is -1.64. The Morgan fingerprint density at radius 2 is 2.09 bits per heavy atom. The highest BCUT2D eigenvalue weighted by Crippen LogP contribution is 2.04. The molecule has 0 saturated carbocycles. The third kappa shape index (κ3) is 6.47. The van der Waals surface area contributed by atoms with Crippen molar-refractivity contribution < 1.29 is 8.76 Å². The standard InChI is InChI=1S/C7H17NO2S/c1-4-7(5-8(2)3)6-11(9)10/h7H,4-6H2,1-3H3,(H,9,10). The second-order valence-electron chi connectivity index (χ2n) is 3.02. The molecule has 68 valence electrons. The van der Waals surface area contributed by atoms with Gasteiger partial charge in [0.2, 0.25) is 0 Å². The lowest BCUT2D eigenvalue weighted by atomic mass is 10.1. The molecule has 0 amide bonds. The lowest BCUT2D eigenvalue weighted by Crippen LogP contribution is -2.25. The van der Waals surface area contributed by atoms with Crippen molar-refractivity contribution in [2.45, 2.75) is 13.3 Å². The van der Waals surface area contributed by atoms with Gasteiger partial charge < -0.3 is 9.45 Å². The fourth-order valence-corrected chi connectivity index (χ4v) is 1.76. The fourth-order valence-electron chi connectivity index (χ4n) is 1.02. The molecule has 0 radical (unpaired) electrons. The molecule has 3 nitrogen and oxygen atoms in total. The Balaban J connectivity index is 3.66. The predicted molar refractivity (Wildman–Crippen MR) is 48.0 cm³/mol. The van der Waals surface area contributed by atoms with Crippen LogP contribution in [0.4, 0.5) is 0 Å². The summed E-state index contributed by atoms with van der Waals surface area (Å²) in [7, 11) is 3.95. The molecular weight excluding hydrogens is 162 g/mol. The van der Waals surface area contributed by atoms with Crippen LogP contribution in [0.2, 0.25) is 0 Å². The summed E-state index contributed by atoms with van der Waals surface area (Å²) < 4.78 is 19.1. The molecule has 0 aliphatic carbocycles. The van der Waals surface area contributed by atoms with Crippen LogP contribution in [0.25, 0.3) is 0 Å². The molecule has 0 aliphatic heterocycles. The van der Waals surface area contributed by atoms with Crippen molar-refractivity contribution in [1.29, 1.82) is 0 Å². The second-order valence-corrected chi connectivity index (χ2v) is 4.00. The fraction of sp³-hybridized carbons (Fsp3) is 1.00. The summed E-state index contributed by atoms with van der Waals surface area (Å²) in [6, 6.07) is 0. The van der Waals surface area contributed by atoms with E-state index in [4.69, 9.17) is 4.55 Å². The Morgan fingerprint density at radius 3 is 2.36 bits per heavy atom. The van der Waals surface area contributed by atoms with E-state index in [0.29, 0.717) is 11.7 Å². The van der Waals surface area contributed by atoms with E-state index < -0.39 is 11.1 Å². The molecule has 2 unspecified atom stereocenters. The molecule has 0 fully saturated rings. The first-order valence-electron chi connectivity index (χ1n) is 3.78. The molecule has 0 rings (SSSR count). The predicted octanol–water partition coefficient (Wildman–Crippen LogP) is 0.796. The number of rotatable bonds is 5. The molecule has 0 saturated heterocycles. The van der Waals surface area contributed by atoms with Gasteiger partial charge in [-0.1, -0.05) is 13.3 Å². The van der Waals surface area contributed by atoms with E-state index in [1.807, 2.05) is 25.9 Å². The minimum Gasteiger partial charge on any atom is -0.309 e. The maximum Gasteiger partial charge on any atom is 0.153 e. The van der Waals surface area contributed by atoms with Crippen LogP contribution in [0.15, 0.2) is 0 Å². The van der Waals surface area contributed by atoms with Crippen LogP contribution in [0.1, 0.15) is 13.3 Å². The van der Waals surface area contributed by atoms with Crippen molar-refractivity contribution in [2.75, 3.05) is 26.4 Å². The van der Waals surface area contributed by atoms with Crippen molar-refractivity contribution in [3.8, 4) is 0 Å². The summed E-state index contributed by atoms with van der Waals surface area (Å²) in [5.41, 5.74) is 0. The second kappa shape index (κ2) is 5.69. The van der Waals surface area contributed by atoms with Crippen LogP contribution < -0.4 is 0 Å². The summed E-state index contributed by atoms with van der Waals surface area (Å²) in [5, 5.41) is 0. The quantitative estimate of drug-likeness (QED) is 0.634. The lowest BCUT2D eigenvalue weighted by molar-refractivity contribution is 0.334. The molecule has 4 heteroatoms. The zero-order chi connectivity index (χ0) is 8.85. The van der Waals surface area contributed by atoms with E-state index in [1.54, 1.807) is 0 Å². The Hall–Kier alpha value is 0.0700. The maximum atomic E-state index is 10.4. The molecule has 0 aromatic rings. The molecule has 11 heavy (non-hydrogen) atoms. The minimum absolute atomic E-state index is 0.343. The monoisotopic (exact) mass is 179 g/mol. The average Bonchev–Trinajstić information content (AvgIpc) is 1.84. The van der Waals surface area contributed by atoms with Crippen LogP contribution in [-0.2, 0) is 11.1 Å². The topological polar surface area (TPSA) is 40.5 Å². The first-order valence-corrected chi connectivity index (χ1v) is 5.06. The third-order valence-corrected chi connectivity index (χ3v) is 2.34. The summed E-state index contributed by atoms with van der Waals surface area (Å²) in [6.07, 6.45) is 0.963. The summed E-state index contributed by atoms with van der Waals surface area (Å²) in [4.78, 5) is 2.04.